The van der Waals surface area contributed by atoms with Crippen LogP contribution in [0, 0.1) is 0 Å². The van der Waals surface area contributed by atoms with Gasteiger partial charge in [0.05, 0.1) is 39.1 Å². The topological polar surface area (TPSA) is 88.8 Å². The summed E-state index contributed by atoms with van der Waals surface area (Å²) >= 11 is 3.61. The van der Waals surface area contributed by atoms with Gasteiger partial charge in [-0.05, 0) is 18.6 Å². The van der Waals surface area contributed by atoms with Crippen LogP contribution in [0.5, 0.6) is 0 Å². The number of nitrogens with zero attached hydrogens (tertiary/aromatic N) is 3. The Morgan fingerprint density at radius 3 is 2.62 bits per heavy atom. The first-order chi connectivity index (χ1) is 11.6. The van der Waals surface area contributed by atoms with E-state index in [0.717, 1.165) is 32.5 Å². The second-order valence-corrected chi connectivity index (χ2v) is 6.78. The second kappa shape index (κ2) is 7.41. The normalized spacial score (nSPS) is 12.0. The van der Waals surface area contributed by atoms with E-state index in [-0.39, 0.29) is 6.04 Å². The molecule has 4 N–H and O–H groups in total. The first kappa shape index (κ1) is 17.1. The van der Waals surface area contributed by atoms with Gasteiger partial charge in [-0.2, -0.15) is 0 Å². The fourth-order valence-electron chi connectivity index (χ4n) is 2.39. The highest BCUT2D eigenvalue weighted by Gasteiger charge is 2.14. The maximum Gasteiger partial charge on any atom is 0.223 e. The standard InChI is InChI=1S/C16H17IN6S/c1-9(18)10-5-3-4-6-11(10)12-7-13(22-15(19-2)21-12)14-8-20-16(23-17)24-14/h3-9H,18H2,1-2H3,(H,20,23)(H,19,21,22). The molecule has 8 heteroatoms. The zero-order chi connectivity index (χ0) is 17.1. The van der Waals surface area contributed by atoms with E-state index < -0.39 is 0 Å². The van der Waals surface area contributed by atoms with E-state index in [4.69, 9.17) is 5.73 Å². The Labute approximate surface area is 158 Å². The first-order valence-electron chi connectivity index (χ1n) is 7.37. The van der Waals surface area contributed by atoms with Gasteiger partial charge in [0.1, 0.15) is 0 Å². The highest BCUT2D eigenvalue weighted by Crippen LogP contribution is 2.33. The zero-order valence-electron chi connectivity index (χ0n) is 13.2. The molecule has 0 aliphatic rings. The highest BCUT2D eigenvalue weighted by molar-refractivity contribution is 14.1. The molecular formula is C16H17IN6S. The Kier molecular flexibility index (Phi) is 5.27. The van der Waals surface area contributed by atoms with Crippen LogP contribution in [0.2, 0.25) is 0 Å². The van der Waals surface area contributed by atoms with E-state index in [9.17, 15) is 0 Å². The van der Waals surface area contributed by atoms with Gasteiger partial charge in [-0.1, -0.05) is 35.6 Å². The summed E-state index contributed by atoms with van der Waals surface area (Å²) in [6.45, 7) is 1.97. The van der Waals surface area contributed by atoms with Crippen molar-refractivity contribution in [2.24, 2.45) is 5.73 Å². The molecule has 3 rings (SSSR count). The second-order valence-electron chi connectivity index (χ2n) is 5.21. The molecule has 0 saturated heterocycles. The van der Waals surface area contributed by atoms with Crippen LogP contribution >= 0.6 is 34.2 Å². The molecule has 0 fully saturated rings. The van der Waals surface area contributed by atoms with E-state index >= 15 is 0 Å². The molecule has 3 aromatic rings. The van der Waals surface area contributed by atoms with Crippen LogP contribution in [-0.4, -0.2) is 22.0 Å². The van der Waals surface area contributed by atoms with Crippen molar-refractivity contribution in [2.45, 2.75) is 13.0 Å². The van der Waals surface area contributed by atoms with Gasteiger partial charge in [0.2, 0.25) is 5.95 Å². The lowest BCUT2D eigenvalue weighted by Gasteiger charge is -2.13. The van der Waals surface area contributed by atoms with Crippen molar-refractivity contribution >= 4 is 45.3 Å². The van der Waals surface area contributed by atoms with Crippen molar-refractivity contribution in [3.05, 3.63) is 42.1 Å². The predicted octanol–water partition coefficient (Wildman–Crippen LogP) is 4.09. The van der Waals surface area contributed by atoms with Crippen LogP contribution in [-0.2, 0) is 0 Å². The first-order valence-corrected chi connectivity index (χ1v) is 9.26. The summed E-state index contributed by atoms with van der Waals surface area (Å²) in [5.41, 5.74) is 9.87. The van der Waals surface area contributed by atoms with E-state index in [0.29, 0.717) is 5.95 Å². The molecule has 0 spiro atoms. The third-order valence-corrected chi connectivity index (χ3v) is 5.33. The van der Waals surface area contributed by atoms with E-state index in [1.807, 2.05) is 50.5 Å². The van der Waals surface area contributed by atoms with E-state index in [1.165, 1.54) is 0 Å². The average molecular weight is 452 g/mol. The van der Waals surface area contributed by atoms with Crippen molar-refractivity contribution in [1.29, 1.82) is 0 Å². The Balaban J connectivity index is 2.14. The van der Waals surface area contributed by atoms with Gasteiger partial charge in [0.15, 0.2) is 5.13 Å². The number of hydrogen-bond acceptors (Lipinski definition) is 7. The number of nitrogens with two attached hydrogens (primary N) is 1. The number of thiazole rings is 1. The van der Waals surface area contributed by atoms with Crippen molar-refractivity contribution < 1.29 is 0 Å². The summed E-state index contributed by atoms with van der Waals surface area (Å²) in [7, 11) is 1.81. The van der Waals surface area contributed by atoms with Crippen molar-refractivity contribution in [2.75, 3.05) is 15.9 Å². The Morgan fingerprint density at radius 2 is 1.96 bits per heavy atom. The number of rotatable bonds is 5. The van der Waals surface area contributed by atoms with Crippen LogP contribution in [0.4, 0.5) is 11.1 Å². The highest BCUT2D eigenvalue weighted by atomic mass is 127. The summed E-state index contributed by atoms with van der Waals surface area (Å²) in [6.07, 6.45) is 1.81. The summed E-state index contributed by atoms with van der Waals surface area (Å²) in [4.78, 5) is 14.5. The lowest BCUT2D eigenvalue weighted by molar-refractivity contribution is 0.819. The lowest BCUT2D eigenvalue weighted by atomic mass is 9.99. The smallest absolute Gasteiger partial charge is 0.223 e. The fraction of sp³-hybridized carbons (Fsp3) is 0.188. The molecule has 1 atom stereocenters. The largest absolute Gasteiger partial charge is 0.357 e. The molecule has 0 amide bonds. The molecular weight excluding hydrogens is 435 g/mol. The van der Waals surface area contributed by atoms with Crippen LogP contribution in [0.15, 0.2) is 36.5 Å². The number of hydrogen-bond donors (Lipinski definition) is 3. The van der Waals surface area contributed by atoms with Gasteiger partial charge >= 0.3 is 0 Å². The molecule has 0 aliphatic carbocycles. The van der Waals surface area contributed by atoms with Crippen LogP contribution in [0.25, 0.3) is 21.8 Å². The fourth-order valence-corrected chi connectivity index (χ4v) is 3.52. The number of aromatic nitrogens is 3. The Morgan fingerprint density at radius 1 is 1.21 bits per heavy atom. The molecule has 2 heterocycles. The number of benzene rings is 1. The number of nitrogens with one attached hydrogen (secondary N) is 2. The Hall–Kier alpha value is -1.78. The van der Waals surface area contributed by atoms with Gasteiger partial charge in [-0.3, -0.25) is 0 Å². The minimum atomic E-state index is -0.0733. The third-order valence-electron chi connectivity index (χ3n) is 3.52. The lowest BCUT2D eigenvalue weighted by Crippen LogP contribution is -2.07. The summed E-state index contributed by atoms with van der Waals surface area (Å²) < 4.78 is 3.02. The molecule has 0 aliphatic heterocycles. The molecule has 0 bridgehead atoms. The zero-order valence-corrected chi connectivity index (χ0v) is 16.2. The predicted molar refractivity (Wildman–Crippen MR) is 108 cm³/mol. The summed E-state index contributed by atoms with van der Waals surface area (Å²) in [5.74, 6) is 0.569. The maximum absolute atomic E-state index is 6.12. The van der Waals surface area contributed by atoms with Gasteiger partial charge in [0.25, 0.3) is 0 Å². The van der Waals surface area contributed by atoms with Crippen LogP contribution in [0.3, 0.4) is 0 Å². The molecule has 1 unspecified atom stereocenters. The van der Waals surface area contributed by atoms with Gasteiger partial charge in [-0.25, -0.2) is 15.0 Å². The molecule has 0 saturated carbocycles. The molecule has 2 aromatic heterocycles. The van der Waals surface area contributed by atoms with Crippen molar-refractivity contribution in [3.8, 4) is 21.8 Å². The number of halogens is 1. The minimum Gasteiger partial charge on any atom is -0.357 e. The van der Waals surface area contributed by atoms with E-state index in [2.05, 4.69) is 46.7 Å². The minimum absolute atomic E-state index is 0.0733. The Bertz CT molecular complexity index is 848. The third kappa shape index (κ3) is 3.50. The van der Waals surface area contributed by atoms with Gasteiger partial charge < -0.3 is 14.6 Å². The molecule has 6 nitrogen and oxygen atoms in total. The van der Waals surface area contributed by atoms with Gasteiger partial charge in [-0.15, -0.1) is 0 Å². The average Bonchev–Trinajstić information content (AvgIpc) is 3.10. The molecule has 124 valence electrons. The molecule has 24 heavy (non-hydrogen) atoms. The molecule has 0 radical (unpaired) electrons. The summed E-state index contributed by atoms with van der Waals surface area (Å²) in [6, 6.07) is 9.96. The number of anilines is 2. The SMILES string of the molecule is CNc1nc(-c2cnc(NI)s2)cc(-c2ccccc2C(C)N)n1. The van der Waals surface area contributed by atoms with Crippen LogP contribution in [0.1, 0.15) is 18.5 Å². The van der Waals surface area contributed by atoms with Crippen LogP contribution < -0.4 is 14.6 Å². The quantitative estimate of drug-likeness (QED) is 0.399. The van der Waals surface area contributed by atoms with E-state index in [1.54, 1.807) is 11.3 Å². The summed E-state index contributed by atoms with van der Waals surface area (Å²) in [5, 5.41) is 3.87. The molecule has 1 aromatic carbocycles. The monoisotopic (exact) mass is 452 g/mol. The van der Waals surface area contributed by atoms with Gasteiger partial charge in [0, 0.05) is 24.8 Å². The van der Waals surface area contributed by atoms with Crippen molar-refractivity contribution in [1.82, 2.24) is 15.0 Å². The van der Waals surface area contributed by atoms with Crippen molar-refractivity contribution in [3.63, 3.8) is 0 Å². The maximum atomic E-state index is 6.12.